The molecular formula is C26H17F6N3O2. The number of amides is 2. The lowest BCUT2D eigenvalue weighted by Crippen LogP contribution is -2.41. The first kappa shape index (κ1) is 25.8. The van der Waals surface area contributed by atoms with Gasteiger partial charge in [0.05, 0.1) is 11.1 Å². The summed E-state index contributed by atoms with van der Waals surface area (Å²) in [6, 6.07) is 5.21. The highest BCUT2D eigenvalue weighted by Gasteiger charge is 2.37. The van der Waals surface area contributed by atoms with Gasteiger partial charge in [0.25, 0.3) is 5.91 Å². The molecule has 37 heavy (non-hydrogen) atoms. The molecule has 0 fully saturated rings. The molecule has 2 unspecified atom stereocenters. The maximum absolute atomic E-state index is 13.1. The van der Waals surface area contributed by atoms with Crippen LogP contribution in [0.3, 0.4) is 0 Å². The Kier molecular flexibility index (Phi) is 6.69. The van der Waals surface area contributed by atoms with Crippen LogP contribution in [0.1, 0.15) is 32.6 Å². The molecule has 190 valence electrons. The fourth-order valence-electron chi connectivity index (χ4n) is 3.63. The summed E-state index contributed by atoms with van der Waals surface area (Å²) in [4.78, 5) is 28.3. The van der Waals surface area contributed by atoms with Crippen molar-refractivity contribution in [1.29, 1.82) is 0 Å². The SMILES string of the molecule is Cc1ccc(NC(=O)c2cc(C(F)(F)F)cc(C(F)(F)F)c2)cc1C#CC1=CC2C=CC(=O)NC2N=C1. The van der Waals surface area contributed by atoms with E-state index in [-0.39, 0.29) is 23.6 Å². The van der Waals surface area contributed by atoms with Crippen molar-refractivity contribution in [3.05, 3.63) is 88.0 Å². The van der Waals surface area contributed by atoms with E-state index in [0.29, 0.717) is 23.3 Å². The van der Waals surface area contributed by atoms with Crippen molar-refractivity contribution in [2.75, 3.05) is 5.32 Å². The number of carbonyl (C=O) groups is 2. The van der Waals surface area contributed by atoms with Crippen molar-refractivity contribution in [1.82, 2.24) is 5.32 Å². The predicted molar refractivity (Wildman–Crippen MR) is 124 cm³/mol. The number of rotatable bonds is 2. The Balaban J connectivity index is 1.57. The first-order valence-electron chi connectivity index (χ1n) is 10.8. The van der Waals surface area contributed by atoms with Crippen molar-refractivity contribution >= 4 is 23.7 Å². The number of benzene rings is 2. The minimum atomic E-state index is -5.07. The number of hydrogen-bond acceptors (Lipinski definition) is 3. The topological polar surface area (TPSA) is 70.6 Å². The van der Waals surface area contributed by atoms with Crippen LogP contribution < -0.4 is 10.6 Å². The quantitative estimate of drug-likeness (QED) is 0.421. The van der Waals surface area contributed by atoms with Gasteiger partial charge < -0.3 is 10.6 Å². The number of halogens is 6. The van der Waals surface area contributed by atoms with Gasteiger partial charge in [-0.15, -0.1) is 0 Å². The van der Waals surface area contributed by atoms with Gasteiger partial charge in [0, 0.05) is 34.5 Å². The Bertz CT molecular complexity index is 1390. The number of anilines is 1. The Labute approximate surface area is 207 Å². The van der Waals surface area contributed by atoms with Crippen molar-refractivity contribution in [3.8, 4) is 11.8 Å². The summed E-state index contributed by atoms with van der Waals surface area (Å²) in [5.74, 6) is 4.32. The minimum absolute atomic E-state index is 0.0428. The number of allylic oxidation sites excluding steroid dienone is 1. The third-order valence-corrected chi connectivity index (χ3v) is 5.56. The summed E-state index contributed by atoms with van der Waals surface area (Å²) in [7, 11) is 0. The van der Waals surface area contributed by atoms with Crippen molar-refractivity contribution < 1.29 is 35.9 Å². The third-order valence-electron chi connectivity index (χ3n) is 5.56. The molecule has 5 nitrogen and oxygen atoms in total. The van der Waals surface area contributed by atoms with Crippen LogP contribution in [0, 0.1) is 24.7 Å². The van der Waals surface area contributed by atoms with Gasteiger partial charge in [0.2, 0.25) is 5.91 Å². The summed E-state index contributed by atoms with van der Waals surface area (Å²) < 4.78 is 78.7. The lowest BCUT2D eigenvalue weighted by Gasteiger charge is -2.25. The standard InChI is InChI=1S/C26H17F6N3O2/c1-14-2-6-21(11-16(14)4-3-15-8-17-5-7-22(36)35-23(17)33-13-15)34-24(37)18-9-19(25(27,28)29)12-20(10-18)26(30,31)32/h2,5-13,17,23H,1H3,(H,34,37)(H,35,36). The molecule has 2 aliphatic heterocycles. The van der Waals surface area contributed by atoms with Gasteiger partial charge in [-0.25, -0.2) is 0 Å². The highest BCUT2D eigenvalue weighted by molar-refractivity contribution is 6.04. The number of nitrogens with one attached hydrogen (secondary N) is 2. The van der Waals surface area contributed by atoms with E-state index in [2.05, 4.69) is 27.5 Å². The lowest BCUT2D eigenvalue weighted by molar-refractivity contribution is -0.143. The highest BCUT2D eigenvalue weighted by Crippen LogP contribution is 2.36. The van der Waals surface area contributed by atoms with Crippen LogP contribution in [0.15, 0.2) is 65.2 Å². The number of carbonyl (C=O) groups excluding carboxylic acids is 2. The third kappa shape index (κ3) is 6.09. The maximum atomic E-state index is 13.1. The Hall–Kier alpha value is -4.33. The maximum Gasteiger partial charge on any atom is 0.416 e. The van der Waals surface area contributed by atoms with Gasteiger partial charge in [0.15, 0.2) is 0 Å². The molecule has 2 aliphatic rings. The molecule has 0 saturated heterocycles. The van der Waals surface area contributed by atoms with Crippen molar-refractivity contribution in [3.63, 3.8) is 0 Å². The van der Waals surface area contributed by atoms with E-state index in [1.807, 2.05) is 6.08 Å². The summed E-state index contributed by atoms with van der Waals surface area (Å²) in [6.45, 7) is 1.75. The second-order valence-corrected chi connectivity index (χ2v) is 8.32. The molecule has 0 aliphatic carbocycles. The van der Waals surface area contributed by atoms with E-state index in [1.54, 1.807) is 19.1 Å². The molecule has 2 amide bonds. The fraction of sp³-hybridized carbons (Fsp3) is 0.192. The van der Waals surface area contributed by atoms with Crippen molar-refractivity contribution in [2.45, 2.75) is 25.4 Å². The van der Waals surface area contributed by atoms with E-state index >= 15 is 0 Å². The zero-order chi connectivity index (χ0) is 27.0. The Morgan fingerprint density at radius 1 is 1.00 bits per heavy atom. The number of dihydropyridines is 1. The Morgan fingerprint density at radius 2 is 1.68 bits per heavy atom. The van der Waals surface area contributed by atoms with Crippen molar-refractivity contribution in [2.24, 2.45) is 10.9 Å². The number of aryl methyl sites for hydroxylation is 1. The molecule has 2 heterocycles. The molecule has 0 saturated carbocycles. The minimum Gasteiger partial charge on any atom is -0.330 e. The zero-order valence-electron chi connectivity index (χ0n) is 19.0. The van der Waals surface area contributed by atoms with E-state index in [4.69, 9.17) is 0 Å². The number of hydrogen-bond donors (Lipinski definition) is 2. The van der Waals surface area contributed by atoms with Crippen LogP contribution in [0.25, 0.3) is 0 Å². The number of aliphatic imine (C=N–C) groups is 1. The lowest BCUT2D eigenvalue weighted by atomic mass is 9.97. The molecule has 0 bridgehead atoms. The van der Waals surface area contributed by atoms with E-state index in [0.717, 1.165) is 5.56 Å². The van der Waals surface area contributed by atoms with E-state index in [9.17, 15) is 35.9 Å². The van der Waals surface area contributed by atoms with Gasteiger partial charge in [-0.1, -0.05) is 30.1 Å². The molecule has 2 aromatic rings. The smallest absolute Gasteiger partial charge is 0.330 e. The summed E-state index contributed by atoms with van der Waals surface area (Å²) in [6.07, 6.45) is -4.09. The Morgan fingerprint density at radius 3 is 2.32 bits per heavy atom. The van der Waals surface area contributed by atoms with Gasteiger partial charge in [-0.2, -0.15) is 26.3 Å². The number of fused-ring (bicyclic) bond motifs is 1. The van der Waals surface area contributed by atoms with Crippen LogP contribution in [0.5, 0.6) is 0 Å². The number of nitrogens with zero attached hydrogens (tertiary/aromatic N) is 1. The summed E-state index contributed by atoms with van der Waals surface area (Å²) in [5.41, 5.74) is -2.04. The molecule has 4 rings (SSSR count). The summed E-state index contributed by atoms with van der Waals surface area (Å²) in [5, 5.41) is 5.03. The monoisotopic (exact) mass is 517 g/mol. The second kappa shape index (κ2) is 9.61. The molecular weight excluding hydrogens is 500 g/mol. The highest BCUT2D eigenvalue weighted by atomic mass is 19.4. The van der Waals surface area contributed by atoms with E-state index < -0.39 is 41.1 Å². The molecule has 11 heteroatoms. The van der Waals surface area contributed by atoms with Gasteiger partial charge in [-0.3, -0.25) is 14.6 Å². The molecule has 2 aromatic carbocycles. The van der Waals surface area contributed by atoms with E-state index in [1.165, 1.54) is 24.4 Å². The van der Waals surface area contributed by atoms with Gasteiger partial charge >= 0.3 is 12.4 Å². The van der Waals surface area contributed by atoms with Gasteiger partial charge in [-0.05, 0) is 48.9 Å². The average Bonchev–Trinajstić information content (AvgIpc) is 2.83. The van der Waals surface area contributed by atoms with Crippen LogP contribution in [0.2, 0.25) is 0 Å². The predicted octanol–water partition coefficient (Wildman–Crippen LogP) is 5.28. The molecule has 2 atom stereocenters. The van der Waals surface area contributed by atoms with Crippen LogP contribution in [-0.4, -0.2) is 24.2 Å². The van der Waals surface area contributed by atoms with Crippen LogP contribution in [0.4, 0.5) is 32.0 Å². The molecule has 2 N–H and O–H groups in total. The van der Waals surface area contributed by atoms with Crippen LogP contribution in [-0.2, 0) is 17.1 Å². The normalized spacial score (nSPS) is 18.8. The number of alkyl halides is 6. The summed E-state index contributed by atoms with van der Waals surface area (Å²) >= 11 is 0. The average molecular weight is 517 g/mol. The van der Waals surface area contributed by atoms with Gasteiger partial charge in [0.1, 0.15) is 6.17 Å². The fourth-order valence-corrected chi connectivity index (χ4v) is 3.63. The first-order chi connectivity index (χ1) is 17.3. The zero-order valence-corrected chi connectivity index (χ0v) is 19.0. The first-order valence-corrected chi connectivity index (χ1v) is 10.8. The molecule has 0 spiro atoms. The van der Waals surface area contributed by atoms with Crippen LogP contribution >= 0.6 is 0 Å². The largest absolute Gasteiger partial charge is 0.416 e. The molecule has 0 aromatic heterocycles. The second-order valence-electron chi connectivity index (χ2n) is 8.32. The molecule has 0 radical (unpaired) electrons.